The Morgan fingerprint density at radius 1 is 1.19 bits per heavy atom. The number of alkyl halides is 3. The zero-order valence-electron chi connectivity index (χ0n) is 14.6. The number of aromatic nitrogens is 1. The third kappa shape index (κ3) is 4.98. The van der Waals surface area contributed by atoms with E-state index in [-0.39, 0.29) is 18.4 Å². The number of pyridine rings is 1. The summed E-state index contributed by atoms with van der Waals surface area (Å²) in [7, 11) is -3.64. The Labute approximate surface area is 155 Å². The van der Waals surface area contributed by atoms with Crippen LogP contribution in [0.4, 0.5) is 13.2 Å². The largest absolute Gasteiger partial charge is 0.473 e. The third-order valence-electron chi connectivity index (χ3n) is 4.28. The van der Waals surface area contributed by atoms with E-state index < -0.39 is 21.8 Å². The number of hydrogen-bond donors (Lipinski definition) is 0. The van der Waals surface area contributed by atoms with E-state index in [9.17, 15) is 21.6 Å². The normalized spacial score (nSPS) is 18.6. The molecule has 1 aromatic carbocycles. The van der Waals surface area contributed by atoms with Crippen molar-refractivity contribution in [2.75, 3.05) is 13.1 Å². The van der Waals surface area contributed by atoms with Crippen molar-refractivity contribution in [2.45, 2.75) is 31.4 Å². The fourth-order valence-corrected chi connectivity index (χ4v) is 4.47. The van der Waals surface area contributed by atoms with Gasteiger partial charge in [-0.25, -0.2) is 13.4 Å². The van der Waals surface area contributed by atoms with Crippen LogP contribution in [0.25, 0.3) is 0 Å². The summed E-state index contributed by atoms with van der Waals surface area (Å²) < 4.78 is 70.0. The van der Waals surface area contributed by atoms with Gasteiger partial charge in [0.05, 0.1) is 17.9 Å². The summed E-state index contributed by atoms with van der Waals surface area (Å²) in [6.07, 6.45) is -4.22. The van der Waals surface area contributed by atoms with Crippen molar-refractivity contribution < 1.29 is 26.3 Å². The van der Waals surface area contributed by atoms with Gasteiger partial charge in [0.15, 0.2) is 0 Å². The number of halogens is 3. The molecule has 1 unspecified atom stereocenters. The van der Waals surface area contributed by atoms with Crippen molar-refractivity contribution in [3.8, 4) is 5.88 Å². The molecule has 5 nitrogen and oxygen atoms in total. The molecule has 3 rings (SSSR count). The first kappa shape index (κ1) is 19.6. The monoisotopic (exact) mass is 400 g/mol. The van der Waals surface area contributed by atoms with Gasteiger partial charge in [0.2, 0.25) is 15.9 Å². The second-order valence-electron chi connectivity index (χ2n) is 6.45. The van der Waals surface area contributed by atoms with Gasteiger partial charge in [0.1, 0.15) is 6.10 Å². The van der Waals surface area contributed by atoms with Crippen molar-refractivity contribution in [3.63, 3.8) is 0 Å². The van der Waals surface area contributed by atoms with Gasteiger partial charge >= 0.3 is 6.18 Å². The average molecular weight is 400 g/mol. The first-order valence-corrected chi connectivity index (χ1v) is 9.99. The van der Waals surface area contributed by atoms with Gasteiger partial charge in [0.25, 0.3) is 0 Å². The van der Waals surface area contributed by atoms with Crippen molar-refractivity contribution in [3.05, 3.63) is 59.3 Å². The molecule has 1 saturated heterocycles. The molecule has 1 aliphatic heterocycles. The maximum atomic E-state index is 12.6. The lowest BCUT2D eigenvalue weighted by molar-refractivity contribution is -0.137. The summed E-state index contributed by atoms with van der Waals surface area (Å²) in [6.45, 7) is 2.33. The number of ether oxygens (including phenoxy) is 1. The quantitative estimate of drug-likeness (QED) is 0.772. The van der Waals surface area contributed by atoms with E-state index in [1.54, 1.807) is 6.07 Å². The zero-order chi connectivity index (χ0) is 19.7. The molecule has 0 bridgehead atoms. The van der Waals surface area contributed by atoms with Gasteiger partial charge < -0.3 is 4.74 Å². The highest BCUT2D eigenvalue weighted by Crippen LogP contribution is 2.29. The van der Waals surface area contributed by atoms with Gasteiger partial charge in [-0.05, 0) is 37.1 Å². The molecule has 27 heavy (non-hydrogen) atoms. The van der Waals surface area contributed by atoms with Crippen LogP contribution in [0.5, 0.6) is 5.88 Å². The van der Waals surface area contributed by atoms with E-state index in [0.717, 1.165) is 17.8 Å². The van der Waals surface area contributed by atoms with Crippen molar-refractivity contribution in [1.82, 2.24) is 9.29 Å². The number of benzene rings is 1. The number of rotatable bonds is 5. The maximum absolute atomic E-state index is 12.6. The van der Waals surface area contributed by atoms with Gasteiger partial charge in [-0.3, -0.25) is 0 Å². The van der Waals surface area contributed by atoms with E-state index in [1.165, 1.54) is 16.4 Å². The minimum Gasteiger partial charge on any atom is -0.473 e. The standard InChI is InChI=1S/C18H19F3N2O3S/c1-13-3-2-4-17(22-13)26-16-9-10-23(11-16)27(24,25)12-14-5-7-15(8-6-14)18(19,20)21/h2-8,16H,9-12H2,1H3. The molecule has 0 N–H and O–H groups in total. The second-order valence-corrected chi connectivity index (χ2v) is 8.42. The smallest absolute Gasteiger partial charge is 0.416 e. The lowest BCUT2D eigenvalue weighted by Crippen LogP contribution is -2.32. The van der Waals surface area contributed by atoms with Crippen LogP contribution in [0, 0.1) is 6.92 Å². The average Bonchev–Trinajstić information content (AvgIpc) is 3.03. The van der Waals surface area contributed by atoms with Crippen molar-refractivity contribution in [2.24, 2.45) is 0 Å². The molecule has 146 valence electrons. The number of nitrogens with zero attached hydrogens (tertiary/aromatic N) is 2. The lowest BCUT2D eigenvalue weighted by atomic mass is 10.1. The minimum atomic E-state index is -4.44. The number of hydrogen-bond acceptors (Lipinski definition) is 4. The fraction of sp³-hybridized carbons (Fsp3) is 0.389. The van der Waals surface area contributed by atoms with E-state index in [4.69, 9.17) is 4.74 Å². The molecule has 1 atom stereocenters. The van der Waals surface area contributed by atoms with Crippen molar-refractivity contribution in [1.29, 1.82) is 0 Å². The molecule has 2 heterocycles. The van der Waals surface area contributed by atoms with Gasteiger partial charge in [-0.15, -0.1) is 0 Å². The Morgan fingerprint density at radius 2 is 1.89 bits per heavy atom. The fourth-order valence-electron chi connectivity index (χ4n) is 2.89. The SMILES string of the molecule is Cc1cccc(OC2CCN(S(=O)(=O)Cc3ccc(C(F)(F)F)cc3)C2)n1. The number of sulfonamides is 1. The minimum absolute atomic E-state index is 0.193. The Bertz CT molecular complexity index is 899. The second kappa shape index (κ2) is 7.47. The van der Waals surface area contributed by atoms with E-state index in [2.05, 4.69) is 4.98 Å². The summed E-state index contributed by atoms with van der Waals surface area (Å²) in [5.41, 5.74) is 0.314. The molecule has 0 spiro atoms. The van der Waals surface area contributed by atoms with Crippen LogP contribution >= 0.6 is 0 Å². The summed E-state index contributed by atoms with van der Waals surface area (Å²) in [5, 5.41) is 0. The zero-order valence-corrected chi connectivity index (χ0v) is 15.4. The predicted molar refractivity (Wildman–Crippen MR) is 93.6 cm³/mol. The molecule has 2 aromatic rings. The number of aryl methyl sites for hydroxylation is 1. The van der Waals surface area contributed by atoms with Crippen LogP contribution in [-0.2, 0) is 22.0 Å². The van der Waals surface area contributed by atoms with Crippen LogP contribution < -0.4 is 4.74 Å². The summed E-state index contributed by atoms with van der Waals surface area (Å²) in [4.78, 5) is 4.24. The van der Waals surface area contributed by atoms with E-state index in [1.807, 2.05) is 19.1 Å². The molecule has 0 saturated carbocycles. The highest BCUT2D eigenvalue weighted by atomic mass is 32.2. The molecule has 1 aromatic heterocycles. The van der Waals surface area contributed by atoms with E-state index in [0.29, 0.717) is 24.4 Å². The van der Waals surface area contributed by atoms with Crippen LogP contribution in [-0.4, -0.2) is 36.9 Å². The van der Waals surface area contributed by atoms with Gasteiger partial charge in [-0.1, -0.05) is 18.2 Å². The van der Waals surface area contributed by atoms with Crippen LogP contribution in [0.1, 0.15) is 23.2 Å². The van der Waals surface area contributed by atoms with Crippen molar-refractivity contribution >= 4 is 10.0 Å². The molecule has 0 aliphatic carbocycles. The van der Waals surface area contributed by atoms with Crippen LogP contribution in [0.15, 0.2) is 42.5 Å². The molecule has 0 radical (unpaired) electrons. The van der Waals surface area contributed by atoms with E-state index >= 15 is 0 Å². The van der Waals surface area contributed by atoms with Crippen LogP contribution in [0.2, 0.25) is 0 Å². The Hall–Kier alpha value is -2.13. The van der Waals surface area contributed by atoms with Gasteiger partial charge in [0, 0.05) is 18.3 Å². The Balaban J connectivity index is 1.62. The van der Waals surface area contributed by atoms with Crippen LogP contribution in [0.3, 0.4) is 0 Å². The third-order valence-corrected chi connectivity index (χ3v) is 6.10. The highest BCUT2D eigenvalue weighted by Gasteiger charge is 2.33. The molecule has 1 aliphatic rings. The maximum Gasteiger partial charge on any atom is 0.416 e. The summed E-state index contributed by atoms with van der Waals surface area (Å²) >= 11 is 0. The summed E-state index contributed by atoms with van der Waals surface area (Å²) in [6, 6.07) is 9.54. The lowest BCUT2D eigenvalue weighted by Gasteiger charge is -2.17. The first-order valence-electron chi connectivity index (χ1n) is 8.38. The topological polar surface area (TPSA) is 59.5 Å². The Kier molecular flexibility index (Phi) is 5.43. The molecular weight excluding hydrogens is 381 g/mol. The summed E-state index contributed by atoms with van der Waals surface area (Å²) in [5.74, 6) is 0.0996. The predicted octanol–water partition coefficient (Wildman–Crippen LogP) is 3.39. The molecular formula is C18H19F3N2O3S. The molecule has 9 heteroatoms. The molecule has 0 amide bonds. The molecule has 1 fully saturated rings. The highest BCUT2D eigenvalue weighted by molar-refractivity contribution is 7.88. The first-order chi connectivity index (χ1) is 12.6. The van der Waals surface area contributed by atoms with Gasteiger partial charge in [-0.2, -0.15) is 17.5 Å². The Morgan fingerprint density at radius 3 is 2.52 bits per heavy atom.